The third kappa shape index (κ3) is 4.85. The molecule has 2 amide bonds. The summed E-state index contributed by atoms with van der Waals surface area (Å²) in [7, 11) is 1.62. The lowest BCUT2D eigenvalue weighted by Crippen LogP contribution is -2.46. The Morgan fingerprint density at radius 1 is 1.24 bits per heavy atom. The Morgan fingerprint density at radius 3 is 2.44 bits per heavy atom. The molecule has 0 bridgehead atoms. The van der Waals surface area contributed by atoms with E-state index < -0.39 is 0 Å². The van der Waals surface area contributed by atoms with Gasteiger partial charge < -0.3 is 10.2 Å². The minimum absolute atomic E-state index is 0.00925. The Hall–Kier alpha value is -2.28. The van der Waals surface area contributed by atoms with E-state index in [-0.39, 0.29) is 23.9 Å². The van der Waals surface area contributed by atoms with Gasteiger partial charge in [-0.2, -0.15) is 0 Å². The zero-order valence-electron chi connectivity index (χ0n) is 15.2. The minimum atomic E-state index is -0.335. The average Bonchev–Trinajstić information content (AvgIpc) is 2.96. The SMILES string of the molecule is CSc1ncc(C(=O)N(C)CC(=O)NC(C)(C)C)n1-c1ccccc1. The Morgan fingerprint density at radius 2 is 1.88 bits per heavy atom. The van der Waals surface area contributed by atoms with Gasteiger partial charge in [-0.1, -0.05) is 30.0 Å². The molecular weight excluding hydrogens is 336 g/mol. The van der Waals surface area contributed by atoms with E-state index in [4.69, 9.17) is 0 Å². The van der Waals surface area contributed by atoms with Gasteiger partial charge >= 0.3 is 0 Å². The standard InChI is InChI=1S/C18H24N4O2S/c1-18(2,3)20-15(23)12-21(4)16(24)14-11-19-17(25-5)22(14)13-9-7-6-8-10-13/h6-11H,12H2,1-5H3,(H,20,23). The molecule has 7 heteroatoms. The van der Waals surface area contributed by atoms with Crippen LogP contribution in [0.15, 0.2) is 41.7 Å². The van der Waals surface area contributed by atoms with Gasteiger partial charge in [0.25, 0.3) is 5.91 Å². The van der Waals surface area contributed by atoms with Crippen molar-refractivity contribution in [3.63, 3.8) is 0 Å². The number of amides is 2. The molecule has 0 saturated heterocycles. The molecule has 0 aliphatic carbocycles. The van der Waals surface area contributed by atoms with Crippen molar-refractivity contribution in [2.75, 3.05) is 19.8 Å². The third-order valence-electron chi connectivity index (χ3n) is 3.39. The van der Waals surface area contributed by atoms with Crippen LogP contribution in [0.2, 0.25) is 0 Å². The number of aromatic nitrogens is 2. The lowest BCUT2D eigenvalue weighted by atomic mass is 10.1. The van der Waals surface area contributed by atoms with Crippen LogP contribution in [0.1, 0.15) is 31.3 Å². The zero-order valence-corrected chi connectivity index (χ0v) is 16.1. The number of nitrogens with zero attached hydrogens (tertiary/aromatic N) is 3. The Kier molecular flexibility index (Phi) is 5.89. The van der Waals surface area contributed by atoms with Crippen molar-refractivity contribution in [3.05, 3.63) is 42.2 Å². The molecule has 0 unspecified atom stereocenters. The van der Waals surface area contributed by atoms with Gasteiger partial charge in [0, 0.05) is 18.3 Å². The van der Waals surface area contributed by atoms with Crippen LogP contribution in [0.5, 0.6) is 0 Å². The maximum atomic E-state index is 12.8. The lowest BCUT2D eigenvalue weighted by molar-refractivity contribution is -0.122. The number of carbonyl (C=O) groups is 2. The van der Waals surface area contributed by atoms with Crippen molar-refractivity contribution in [3.8, 4) is 5.69 Å². The molecular formula is C18H24N4O2S. The summed E-state index contributed by atoms with van der Waals surface area (Å²) in [4.78, 5) is 30.7. The van der Waals surface area contributed by atoms with E-state index in [1.54, 1.807) is 13.2 Å². The summed E-state index contributed by atoms with van der Waals surface area (Å²) in [5, 5.41) is 3.58. The smallest absolute Gasteiger partial charge is 0.272 e. The van der Waals surface area contributed by atoms with E-state index in [9.17, 15) is 9.59 Å². The highest BCUT2D eigenvalue weighted by Gasteiger charge is 2.23. The predicted octanol–water partition coefficient (Wildman–Crippen LogP) is 2.58. The van der Waals surface area contributed by atoms with Gasteiger partial charge in [0.05, 0.1) is 12.7 Å². The van der Waals surface area contributed by atoms with E-state index >= 15 is 0 Å². The second kappa shape index (κ2) is 7.74. The highest BCUT2D eigenvalue weighted by atomic mass is 32.2. The van der Waals surface area contributed by atoms with Gasteiger partial charge in [0.15, 0.2) is 5.16 Å². The molecule has 0 fully saturated rings. The first-order valence-electron chi connectivity index (χ1n) is 7.96. The van der Waals surface area contributed by atoms with Gasteiger partial charge in [0.2, 0.25) is 5.91 Å². The number of benzene rings is 1. The first-order chi connectivity index (χ1) is 11.7. The molecule has 1 aromatic carbocycles. The van der Waals surface area contributed by atoms with Crippen molar-refractivity contribution < 1.29 is 9.59 Å². The molecule has 1 aromatic heterocycles. The monoisotopic (exact) mass is 360 g/mol. The predicted molar refractivity (Wildman–Crippen MR) is 100 cm³/mol. The third-order valence-corrected chi connectivity index (χ3v) is 4.04. The largest absolute Gasteiger partial charge is 0.350 e. The molecule has 25 heavy (non-hydrogen) atoms. The Bertz CT molecular complexity index is 750. The topological polar surface area (TPSA) is 67.2 Å². The van der Waals surface area contributed by atoms with Crippen molar-refractivity contribution in [2.45, 2.75) is 31.5 Å². The number of nitrogens with one attached hydrogen (secondary N) is 1. The Balaban J connectivity index is 2.25. The molecule has 1 heterocycles. The van der Waals surface area contributed by atoms with Gasteiger partial charge in [-0.25, -0.2) is 4.98 Å². The normalized spacial score (nSPS) is 11.2. The van der Waals surface area contributed by atoms with E-state index in [0.29, 0.717) is 5.69 Å². The molecule has 1 N–H and O–H groups in total. The van der Waals surface area contributed by atoms with Crippen molar-refractivity contribution in [2.24, 2.45) is 0 Å². The van der Waals surface area contributed by atoms with Gasteiger partial charge in [-0.15, -0.1) is 0 Å². The van der Waals surface area contributed by atoms with Crippen LogP contribution in [0.3, 0.4) is 0 Å². The molecule has 0 aliphatic rings. The fourth-order valence-corrected chi connectivity index (χ4v) is 2.94. The summed E-state index contributed by atoms with van der Waals surface area (Å²) in [5.74, 6) is -0.445. The number of carbonyl (C=O) groups excluding carboxylic acids is 2. The fraction of sp³-hybridized carbons (Fsp3) is 0.389. The quantitative estimate of drug-likeness (QED) is 0.832. The molecule has 0 atom stereocenters. The summed E-state index contributed by atoms with van der Waals surface area (Å²) in [6, 6.07) is 9.58. The highest BCUT2D eigenvalue weighted by molar-refractivity contribution is 7.98. The summed E-state index contributed by atoms with van der Waals surface area (Å²) in [6.07, 6.45) is 3.47. The van der Waals surface area contributed by atoms with Crippen LogP contribution in [0, 0.1) is 0 Å². The minimum Gasteiger partial charge on any atom is -0.350 e. The van der Waals surface area contributed by atoms with Crippen molar-refractivity contribution >= 4 is 23.6 Å². The molecule has 0 radical (unpaired) electrons. The number of rotatable bonds is 5. The highest BCUT2D eigenvalue weighted by Crippen LogP contribution is 2.22. The van der Waals surface area contributed by atoms with E-state index in [1.807, 2.05) is 61.9 Å². The van der Waals surface area contributed by atoms with Gasteiger partial charge in [-0.05, 0) is 39.2 Å². The second-order valence-corrected chi connectivity index (χ2v) is 7.53. The summed E-state index contributed by atoms with van der Waals surface area (Å²) in [5.41, 5.74) is 0.959. The molecule has 0 saturated carbocycles. The van der Waals surface area contributed by atoms with Crippen LogP contribution in [0.25, 0.3) is 5.69 Å². The molecule has 2 rings (SSSR count). The maximum Gasteiger partial charge on any atom is 0.272 e. The Labute approximate surface area is 152 Å². The van der Waals surface area contributed by atoms with Crippen LogP contribution < -0.4 is 5.32 Å². The number of thioether (sulfide) groups is 1. The summed E-state index contributed by atoms with van der Waals surface area (Å²) in [6.45, 7) is 5.70. The van der Waals surface area contributed by atoms with Crippen LogP contribution >= 0.6 is 11.8 Å². The molecule has 6 nitrogen and oxygen atoms in total. The van der Waals surface area contributed by atoms with Crippen LogP contribution in [0.4, 0.5) is 0 Å². The first-order valence-corrected chi connectivity index (χ1v) is 9.19. The van der Waals surface area contributed by atoms with Gasteiger partial charge in [-0.3, -0.25) is 14.2 Å². The number of likely N-dealkylation sites (N-methyl/N-ethyl adjacent to an activating group) is 1. The molecule has 0 spiro atoms. The summed E-state index contributed by atoms with van der Waals surface area (Å²) < 4.78 is 1.81. The van der Waals surface area contributed by atoms with E-state index in [2.05, 4.69) is 10.3 Å². The lowest BCUT2D eigenvalue weighted by Gasteiger charge is -2.23. The molecule has 134 valence electrons. The number of para-hydroxylation sites is 1. The van der Waals surface area contributed by atoms with Crippen molar-refractivity contribution in [1.82, 2.24) is 19.8 Å². The number of hydrogen-bond acceptors (Lipinski definition) is 4. The average molecular weight is 360 g/mol. The van der Waals surface area contributed by atoms with Crippen LogP contribution in [-0.4, -0.2) is 51.7 Å². The van der Waals surface area contributed by atoms with E-state index in [1.165, 1.54) is 16.7 Å². The summed E-state index contributed by atoms with van der Waals surface area (Å²) >= 11 is 1.46. The van der Waals surface area contributed by atoms with E-state index in [0.717, 1.165) is 10.8 Å². The molecule has 2 aromatic rings. The first kappa shape index (κ1) is 19.1. The number of imidazole rings is 1. The van der Waals surface area contributed by atoms with Crippen LogP contribution in [-0.2, 0) is 4.79 Å². The zero-order chi connectivity index (χ0) is 18.6. The van der Waals surface area contributed by atoms with Gasteiger partial charge in [0.1, 0.15) is 5.69 Å². The second-order valence-electron chi connectivity index (χ2n) is 6.76. The maximum absolute atomic E-state index is 12.8. The fourth-order valence-electron chi connectivity index (χ4n) is 2.40. The molecule has 0 aliphatic heterocycles. The number of hydrogen-bond donors (Lipinski definition) is 1. The van der Waals surface area contributed by atoms with Crippen molar-refractivity contribution in [1.29, 1.82) is 0 Å².